The van der Waals surface area contributed by atoms with Gasteiger partial charge in [-0.3, -0.25) is 4.79 Å². The van der Waals surface area contributed by atoms with Crippen molar-refractivity contribution < 1.29 is 14.3 Å². The summed E-state index contributed by atoms with van der Waals surface area (Å²) in [4.78, 5) is 11.1. The maximum atomic E-state index is 13.2. The normalized spacial score (nSPS) is 12.4. The smallest absolute Gasteiger partial charge is 0.320 e. The van der Waals surface area contributed by atoms with E-state index < -0.39 is 12.0 Å². The van der Waals surface area contributed by atoms with E-state index in [0.717, 1.165) is 0 Å². The third kappa shape index (κ3) is 4.20. The molecular weight excluding hydrogens is 229 g/mol. The highest BCUT2D eigenvalue weighted by atomic mass is 32.2. The maximum absolute atomic E-state index is 13.2. The number of carboxylic acid groups (broad SMARTS) is 1. The number of carboxylic acids is 1. The van der Waals surface area contributed by atoms with Gasteiger partial charge in [-0.05, 0) is 19.1 Å². The highest BCUT2D eigenvalue weighted by Crippen LogP contribution is 2.20. The zero-order valence-corrected chi connectivity index (χ0v) is 9.76. The Morgan fingerprint density at radius 1 is 1.56 bits per heavy atom. The molecule has 2 N–H and O–H groups in total. The number of hydrogen-bond donors (Lipinski definition) is 2. The first kappa shape index (κ1) is 13.0. The molecule has 0 saturated carbocycles. The first-order chi connectivity index (χ1) is 7.61. The van der Waals surface area contributed by atoms with Crippen LogP contribution in [0.3, 0.4) is 0 Å². The first-order valence-corrected chi connectivity index (χ1v) is 5.93. The fourth-order valence-electron chi connectivity index (χ4n) is 1.09. The quantitative estimate of drug-likeness (QED) is 0.592. The van der Waals surface area contributed by atoms with Crippen LogP contribution in [0.5, 0.6) is 0 Å². The minimum Gasteiger partial charge on any atom is -0.480 e. The Morgan fingerprint density at radius 2 is 2.25 bits per heavy atom. The van der Waals surface area contributed by atoms with E-state index in [1.165, 1.54) is 17.8 Å². The molecule has 0 heterocycles. The molecule has 0 aliphatic carbocycles. The third-order valence-electron chi connectivity index (χ3n) is 2.02. The van der Waals surface area contributed by atoms with E-state index in [-0.39, 0.29) is 5.82 Å². The van der Waals surface area contributed by atoms with Gasteiger partial charge in [0.25, 0.3) is 0 Å². The number of halogens is 1. The highest BCUT2D eigenvalue weighted by Gasteiger charge is 2.08. The number of rotatable bonds is 6. The zero-order chi connectivity index (χ0) is 12.0. The minimum absolute atomic E-state index is 0.237. The topological polar surface area (TPSA) is 49.3 Å². The van der Waals surface area contributed by atoms with Crippen LogP contribution < -0.4 is 5.32 Å². The Labute approximate surface area is 98.1 Å². The molecule has 1 aromatic rings. The van der Waals surface area contributed by atoms with E-state index in [0.29, 0.717) is 17.2 Å². The summed E-state index contributed by atoms with van der Waals surface area (Å²) in [6.07, 6.45) is 0. The van der Waals surface area contributed by atoms with Crippen LogP contribution in [-0.2, 0) is 4.79 Å². The van der Waals surface area contributed by atoms with Crippen LogP contribution in [0, 0.1) is 5.82 Å². The van der Waals surface area contributed by atoms with Gasteiger partial charge < -0.3 is 10.4 Å². The number of benzene rings is 1. The van der Waals surface area contributed by atoms with E-state index >= 15 is 0 Å². The zero-order valence-electron chi connectivity index (χ0n) is 8.94. The average Bonchev–Trinajstić information content (AvgIpc) is 2.26. The summed E-state index contributed by atoms with van der Waals surface area (Å²) in [7, 11) is 0. The minimum atomic E-state index is -0.879. The van der Waals surface area contributed by atoms with E-state index in [1.807, 2.05) is 0 Å². The second kappa shape index (κ2) is 6.50. The molecule has 0 fully saturated rings. The Balaban J connectivity index is 2.26. The van der Waals surface area contributed by atoms with Gasteiger partial charge in [-0.1, -0.05) is 12.1 Å². The standard InChI is InChI=1S/C11H14FNO2S/c1-8(11(14)15)13-6-7-16-10-5-3-2-4-9(10)12/h2-5,8,13H,6-7H2,1H3,(H,14,15)/t8-/m0/s1. The highest BCUT2D eigenvalue weighted by molar-refractivity contribution is 7.99. The van der Waals surface area contributed by atoms with Gasteiger partial charge in [0.05, 0.1) is 0 Å². The van der Waals surface area contributed by atoms with Gasteiger partial charge in [0, 0.05) is 17.2 Å². The van der Waals surface area contributed by atoms with Crippen molar-refractivity contribution in [2.24, 2.45) is 0 Å². The Morgan fingerprint density at radius 3 is 2.88 bits per heavy atom. The molecule has 0 unspecified atom stereocenters. The molecule has 88 valence electrons. The second-order valence-corrected chi connectivity index (χ2v) is 4.43. The van der Waals surface area contributed by atoms with Crippen molar-refractivity contribution in [3.8, 4) is 0 Å². The molecule has 1 aromatic carbocycles. The third-order valence-corrected chi connectivity index (χ3v) is 3.07. The van der Waals surface area contributed by atoms with Gasteiger partial charge in [-0.2, -0.15) is 0 Å². The summed E-state index contributed by atoms with van der Waals surface area (Å²) in [5.41, 5.74) is 0. The fraction of sp³-hybridized carbons (Fsp3) is 0.364. The van der Waals surface area contributed by atoms with Crippen molar-refractivity contribution in [2.75, 3.05) is 12.3 Å². The van der Waals surface area contributed by atoms with Crippen LogP contribution in [-0.4, -0.2) is 29.4 Å². The van der Waals surface area contributed by atoms with Gasteiger partial charge in [0.1, 0.15) is 11.9 Å². The van der Waals surface area contributed by atoms with Gasteiger partial charge >= 0.3 is 5.97 Å². The number of thioether (sulfide) groups is 1. The van der Waals surface area contributed by atoms with Crippen molar-refractivity contribution >= 4 is 17.7 Å². The summed E-state index contributed by atoms with van der Waals surface area (Å²) in [6, 6.07) is 5.97. The summed E-state index contributed by atoms with van der Waals surface area (Å²) in [6.45, 7) is 2.11. The molecule has 0 radical (unpaired) electrons. The van der Waals surface area contributed by atoms with Crippen molar-refractivity contribution in [3.63, 3.8) is 0 Å². The average molecular weight is 243 g/mol. The summed E-state index contributed by atoms with van der Waals surface area (Å²) in [5.74, 6) is -0.479. The number of carbonyl (C=O) groups is 1. The molecule has 5 heteroatoms. The van der Waals surface area contributed by atoms with Crippen molar-refractivity contribution in [1.29, 1.82) is 0 Å². The molecule has 1 rings (SSSR count). The lowest BCUT2D eigenvalue weighted by Crippen LogP contribution is -2.35. The van der Waals surface area contributed by atoms with Gasteiger partial charge in [-0.15, -0.1) is 11.8 Å². The predicted octanol–water partition coefficient (Wildman–Crippen LogP) is 1.98. The molecule has 16 heavy (non-hydrogen) atoms. The molecule has 0 spiro atoms. The molecule has 0 aliphatic heterocycles. The van der Waals surface area contributed by atoms with Gasteiger partial charge in [0.2, 0.25) is 0 Å². The van der Waals surface area contributed by atoms with Crippen LogP contribution in [0.25, 0.3) is 0 Å². The molecule has 0 saturated heterocycles. The van der Waals surface area contributed by atoms with Crippen LogP contribution in [0.1, 0.15) is 6.92 Å². The van der Waals surface area contributed by atoms with Crippen LogP contribution in [0.2, 0.25) is 0 Å². The Kier molecular flexibility index (Phi) is 5.28. The monoisotopic (exact) mass is 243 g/mol. The summed E-state index contributed by atoms with van der Waals surface area (Å²) >= 11 is 1.37. The van der Waals surface area contributed by atoms with E-state index in [2.05, 4.69) is 5.32 Å². The van der Waals surface area contributed by atoms with E-state index in [4.69, 9.17) is 5.11 Å². The molecule has 0 aromatic heterocycles. The lowest BCUT2D eigenvalue weighted by molar-refractivity contribution is -0.138. The van der Waals surface area contributed by atoms with E-state index in [1.54, 1.807) is 25.1 Å². The fourth-order valence-corrected chi connectivity index (χ4v) is 1.91. The summed E-state index contributed by atoms with van der Waals surface area (Å²) < 4.78 is 13.2. The number of aliphatic carboxylic acids is 1. The van der Waals surface area contributed by atoms with Crippen molar-refractivity contribution in [3.05, 3.63) is 30.1 Å². The van der Waals surface area contributed by atoms with Crippen molar-refractivity contribution in [2.45, 2.75) is 17.9 Å². The molecule has 1 atom stereocenters. The van der Waals surface area contributed by atoms with Crippen LogP contribution >= 0.6 is 11.8 Å². The largest absolute Gasteiger partial charge is 0.480 e. The number of nitrogens with one attached hydrogen (secondary N) is 1. The predicted molar refractivity (Wildman–Crippen MR) is 62.2 cm³/mol. The molecular formula is C11H14FNO2S. The Hall–Kier alpha value is -1.07. The van der Waals surface area contributed by atoms with Gasteiger partial charge in [0.15, 0.2) is 0 Å². The summed E-state index contributed by atoms with van der Waals surface area (Å²) in [5, 5.41) is 11.4. The molecule has 0 bridgehead atoms. The first-order valence-electron chi connectivity index (χ1n) is 4.95. The van der Waals surface area contributed by atoms with Crippen LogP contribution in [0.4, 0.5) is 4.39 Å². The molecule has 0 amide bonds. The SMILES string of the molecule is C[C@H](NCCSc1ccccc1F)C(=O)O. The van der Waals surface area contributed by atoms with Crippen LogP contribution in [0.15, 0.2) is 29.2 Å². The maximum Gasteiger partial charge on any atom is 0.320 e. The van der Waals surface area contributed by atoms with Crippen molar-refractivity contribution in [1.82, 2.24) is 5.32 Å². The molecule has 0 aliphatic rings. The lowest BCUT2D eigenvalue weighted by atomic mass is 10.3. The van der Waals surface area contributed by atoms with Gasteiger partial charge in [-0.25, -0.2) is 4.39 Å². The Bertz CT molecular complexity index is 360. The number of hydrogen-bond acceptors (Lipinski definition) is 3. The lowest BCUT2D eigenvalue weighted by Gasteiger charge is -2.08. The molecule has 3 nitrogen and oxygen atoms in total. The second-order valence-electron chi connectivity index (χ2n) is 3.29. The van der Waals surface area contributed by atoms with E-state index in [9.17, 15) is 9.18 Å².